The Balaban J connectivity index is 3.23. The lowest BCUT2D eigenvalue weighted by molar-refractivity contribution is -0.137. The van der Waals surface area contributed by atoms with Crippen LogP contribution in [0.25, 0.3) is 0 Å². The summed E-state index contributed by atoms with van der Waals surface area (Å²) < 4.78 is 38.1. The summed E-state index contributed by atoms with van der Waals surface area (Å²) >= 11 is 3.01. The van der Waals surface area contributed by atoms with Crippen LogP contribution in [0.15, 0.2) is 21.7 Å². The normalized spacial score (nSPS) is 10.3. The Kier molecular flexibility index (Phi) is 4.52. The van der Waals surface area contributed by atoms with E-state index in [2.05, 4.69) is 26.5 Å². The lowest BCUT2D eigenvalue weighted by Crippen LogP contribution is -2.07. The van der Waals surface area contributed by atoms with Gasteiger partial charge in [-0.05, 0) is 24.6 Å². The van der Waals surface area contributed by atoms with Crippen LogP contribution in [0.3, 0.4) is 0 Å². The van der Waals surface area contributed by atoms with E-state index in [1.165, 1.54) is 12.1 Å². The monoisotopic (exact) mass is 330 g/mol. The first-order valence-electron chi connectivity index (χ1n) is 4.81. The third-order valence-corrected chi connectivity index (χ3v) is 3.00. The van der Waals surface area contributed by atoms with Crippen molar-refractivity contribution in [2.75, 3.05) is 5.43 Å². The SMILES string of the molecule is Cc1c(Br)cc(C(F)(F)F)cc1NN=C(C#N)C#N. The molecule has 0 unspecified atom stereocenters. The van der Waals surface area contributed by atoms with Crippen LogP contribution in [0.5, 0.6) is 0 Å². The maximum atomic E-state index is 12.6. The van der Waals surface area contributed by atoms with Gasteiger partial charge in [-0.25, -0.2) is 0 Å². The Bertz CT molecular complexity index is 592. The van der Waals surface area contributed by atoms with Crippen LogP contribution in [0.4, 0.5) is 18.9 Å². The first-order valence-corrected chi connectivity index (χ1v) is 5.60. The zero-order valence-corrected chi connectivity index (χ0v) is 11.1. The smallest absolute Gasteiger partial charge is 0.276 e. The van der Waals surface area contributed by atoms with Crippen molar-refractivity contribution in [1.82, 2.24) is 0 Å². The Hall–Kier alpha value is -2.06. The van der Waals surface area contributed by atoms with Crippen molar-refractivity contribution in [3.05, 3.63) is 27.7 Å². The molecule has 1 rings (SSSR count). The third kappa shape index (κ3) is 3.70. The molecular formula is C11H6BrF3N4. The predicted molar refractivity (Wildman–Crippen MR) is 66.2 cm³/mol. The fourth-order valence-corrected chi connectivity index (χ4v) is 1.61. The van der Waals surface area contributed by atoms with Gasteiger partial charge in [0, 0.05) is 4.47 Å². The molecule has 0 fully saturated rings. The molecule has 1 aromatic carbocycles. The molecule has 0 amide bonds. The first-order chi connectivity index (χ1) is 8.79. The van der Waals surface area contributed by atoms with Crippen molar-refractivity contribution < 1.29 is 13.2 Å². The summed E-state index contributed by atoms with van der Waals surface area (Å²) in [6, 6.07) is 4.79. The van der Waals surface area contributed by atoms with E-state index < -0.39 is 17.5 Å². The molecule has 0 spiro atoms. The lowest BCUT2D eigenvalue weighted by Gasteiger charge is -2.12. The van der Waals surface area contributed by atoms with Gasteiger partial charge in [0.2, 0.25) is 5.71 Å². The van der Waals surface area contributed by atoms with Crippen LogP contribution in [0.1, 0.15) is 11.1 Å². The van der Waals surface area contributed by atoms with Crippen molar-refractivity contribution in [3.63, 3.8) is 0 Å². The molecular weight excluding hydrogens is 325 g/mol. The molecule has 0 atom stereocenters. The topological polar surface area (TPSA) is 72.0 Å². The summed E-state index contributed by atoms with van der Waals surface area (Å²) in [4.78, 5) is 0. The van der Waals surface area contributed by atoms with Gasteiger partial charge in [-0.15, -0.1) is 0 Å². The second kappa shape index (κ2) is 5.72. The minimum absolute atomic E-state index is 0.0599. The van der Waals surface area contributed by atoms with Crippen LogP contribution in [0.2, 0.25) is 0 Å². The maximum Gasteiger partial charge on any atom is 0.416 e. The molecule has 8 heteroatoms. The third-order valence-electron chi connectivity index (χ3n) is 2.17. The van der Waals surface area contributed by atoms with Crippen LogP contribution in [0, 0.1) is 29.6 Å². The van der Waals surface area contributed by atoms with Gasteiger partial charge in [-0.2, -0.15) is 28.8 Å². The molecule has 19 heavy (non-hydrogen) atoms. The molecule has 0 aliphatic carbocycles. The van der Waals surface area contributed by atoms with Crippen molar-refractivity contribution in [1.29, 1.82) is 10.5 Å². The van der Waals surface area contributed by atoms with Crippen LogP contribution < -0.4 is 5.43 Å². The van der Waals surface area contributed by atoms with Crippen molar-refractivity contribution in [3.8, 4) is 12.1 Å². The van der Waals surface area contributed by atoms with Crippen molar-refractivity contribution in [2.45, 2.75) is 13.1 Å². The number of hydrogen-bond donors (Lipinski definition) is 1. The number of anilines is 1. The Morgan fingerprint density at radius 3 is 2.37 bits per heavy atom. The summed E-state index contributed by atoms with van der Waals surface area (Å²) in [6.07, 6.45) is -4.50. The average Bonchev–Trinajstić information content (AvgIpc) is 2.33. The lowest BCUT2D eigenvalue weighted by atomic mass is 10.1. The molecule has 98 valence electrons. The van der Waals surface area contributed by atoms with Crippen molar-refractivity contribution >= 4 is 27.3 Å². The number of nitrogens with zero attached hydrogens (tertiary/aromatic N) is 3. The second-order valence-electron chi connectivity index (χ2n) is 3.42. The van der Waals surface area contributed by atoms with Gasteiger partial charge in [0.15, 0.2) is 0 Å². The molecule has 4 nitrogen and oxygen atoms in total. The van der Waals surface area contributed by atoms with Crippen molar-refractivity contribution in [2.24, 2.45) is 5.10 Å². The van der Waals surface area contributed by atoms with Gasteiger partial charge in [0.25, 0.3) is 0 Å². The summed E-state index contributed by atoms with van der Waals surface area (Å²) in [6.45, 7) is 1.57. The molecule has 0 bridgehead atoms. The van der Waals surface area contributed by atoms with Gasteiger partial charge in [-0.1, -0.05) is 15.9 Å². The van der Waals surface area contributed by atoms with Gasteiger partial charge in [0.1, 0.15) is 12.1 Å². The number of hydrazone groups is 1. The van der Waals surface area contributed by atoms with E-state index in [-0.39, 0.29) is 10.2 Å². The first kappa shape index (κ1) is 15.0. The Morgan fingerprint density at radius 2 is 1.89 bits per heavy atom. The highest BCUT2D eigenvalue weighted by atomic mass is 79.9. The average molecular weight is 331 g/mol. The van der Waals surface area contributed by atoms with E-state index in [9.17, 15) is 13.2 Å². The van der Waals surface area contributed by atoms with E-state index >= 15 is 0 Å². The maximum absolute atomic E-state index is 12.6. The quantitative estimate of drug-likeness (QED) is 0.665. The number of rotatable bonds is 2. The number of nitrogens with one attached hydrogen (secondary N) is 1. The highest BCUT2D eigenvalue weighted by molar-refractivity contribution is 9.10. The predicted octanol–water partition coefficient (Wildman–Crippen LogP) is 3.59. The molecule has 0 saturated carbocycles. The molecule has 0 aliphatic rings. The number of halogens is 4. The number of nitriles is 2. The van der Waals surface area contributed by atoms with Gasteiger partial charge >= 0.3 is 6.18 Å². The van der Waals surface area contributed by atoms with Crippen LogP contribution in [-0.4, -0.2) is 5.71 Å². The van der Waals surface area contributed by atoms with Gasteiger partial charge in [0.05, 0.1) is 11.3 Å². The van der Waals surface area contributed by atoms with Gasteiger partial charge in [-0.3, -0.25) is 5.43 Å². The largest absolute Gasteiger partial charge is 0.416 e. The fourth-order valence-electron chi connectivity index (χ4n) is 1.15. The highest BCUT2D eigenvalue weighted by Crippen LogP contribution is 2.35. The van der Waals surface area contributed by atoms with E-state index in [0.29, 0.717) is 5.56 Å². The zero-order chi connectivity index (χ0) is 14.6. The van der Waals surface area contributed by atoms with E-state index in [4.69, 9.17) is 10.5 Å². The molecule has 0 saturated heterocycles. The van der Waals surface area contributed by atoms with E-state index in [0.717, 1.165) is 12.1 Å². The molecule has 1 N–H and O–H groups in total. The van der Waals surface area contributed by atoms with E-state index in [1.807, 2.05) is 0 Å². The Morgan fingerprint density at radius 1 is 1.32 bits per heavy atom. The summed E-state index contributed by atoms with van der Waals surface area (Å²) in [5, 5.41) is 20.4. The fraction of sp³-hybridized carbons (Fsp3) is 0.182. The second-order valence-corrected chi connectivity index (χ2v) is 4.28. The highest BCUT2D eigenvalue weighted by Gasteiger charge is 2.31. The Labute approximate surface area is 115 Å². The van der Waals surface area contributed by atoms with Crippen LogP contribution >= 0.6 is 15.9 Å². The molecule has 0 aliphatic heterocycles. The number of hydrogen-bond acceptors (Lipinski definition) is 4. The summed E-state index contributed by atoms with van der Waals surface area (Å²) in [7, 11) is 0. The van der Waals surface area contributed by atoms with Gasteiger partial charge < -0.3 is 0 Å². The molecule has 0 radical (unpaired) electrons. The minimum Gasteiger partial charge on any atom is -0.276 e. The number of benzene rings is 1. The molecule has 0 heterocycles. The molecule has 1 aromatic rings. The standard InChI is InChI=1S/C11H6BrF3N4/c1-6-9(12)2-7(11(13,14)15)3-10(6)19-18-8(4-16)5-17/h2-3,19H,1H3. The van der Waals surface area contributed by atoms with E-state index in [1.54, 1.807) is 6.92 Å². The number of alkyl halides is 3. The summed E-state index contributed by atoms with van der Waals surface area (Å²) in [5.41, 5.74) is 1.48. The zero-order valence-electron chi connectivity index (χ0n) is 9.51. The summed E-state index contributed by atoms with van der Waals surface area (Å²) in [5.74, 6) is 0. The van der Waals surface area contributed by atoms with Crippen LogP contribution in [-0.2, 0) is 6.18 Å². The minimum atomic E-state index is -4.50. The molecule has 0 aromatic heterocycles.